The Hall–Kier alpha value is -3.45. The normalized spacial score (nSPS) is 11.5. The van der Waals surface area contributed by atoms with Crippen molar-refractivity contribution in [3.63, 3.8) is 0 Å². The summed E-state index contributed by atoms with van der Waals surface area (Å²) in [6.07, 6.45) is 0. The SMILES string of the molecule is Cc1cccc(C)c1-n1c(SCc2ccc(C#N)cc2)nnc1-c1cccc(S(=O)(=O)N(C)C)c1. The summed E-state index contributed by atoms with van der Waals surface area (Å²) in [5, 5.41) is 18.7. The lowest BCUT2D eigenvalue weighted by atomic mass is 10.1. The molecule has 178 valence electrons. The highest BCUT2D eigenvalue weighted by atomic mass is 32.2. The molecular formula is C26H25N5O2S2. The molecule has 4 rings (SSSR count). The van der Waals surface area contributed by atoms with E-state index in [2.05, 4.69) is 16.3 Å². The minimum Gasteiger partial charge on any atom is -0.269 e. The molecule has 0 spiro atoms. The van der Waals surface area contributed by atoms with E-state index in [9.17, 15) is 8.42 Å². The first-order valence-corrected chi connectivity index (χ1v) is 13.3. The van der Waals surface area contributed by atoms with Gasteiger partial charge in [0.2, 0.25) is 10.0 Å². The third-order valence-corrected chi connectivity index (χ3v) is 8.43. The molecule has 9 heteroatoms. The number of sulfonamides is 1. The van der Waals surface area contributed by atoms with Crippen LogP contribution in [0.1, 0.15) is 22.3 Å². The van der Waals surface area contributed by atoms with E-state index in [1.165, 1.54) is 30.2 Å². The summed E-state index contributed by atoms with van der Waals surface area (Å²) >= 11 is 1.54. The van der Waals surface area contributed by atoms with Gasteiger partial charge in [-0.2, -0.15) is 5.26 Å². The number of rotatable bonds is 7. The van der Waals surface area contributed by atoms with Gasteiger partial charge in [0.15, 0.2) is 11.0 Å². The van der Waals surface area contributed by atoms with Crippen LogP contribution in [-0.4, -0.2) is 41.6 Å². The number of nitriles is 1. The highest BCUT2D eigenvalue weighted by Crippen LogP contribution is 2.33. The largest absolute Gasteiger partial charge is 0.269 e. The number of para-hydroxylation sites is 1. The molecule has 0 bridgehead atoms. The minimum absolute atomic E-state index is 0.197. The van der Waals surface area contributed by atoms with Crippen molar-refractivity contribution in [2.24, 2.45) is 0 Å². The van der Waals surface area contributed by atoms with Crippen molar-refractivity contribution in [1.82, 2.24) is 19.1 Å². The molecule has 0 fully saturated rings. The Morgan fingerprint density at radius 2 is 1.63 bits per heavy atom. The Kier molecular flexibility index (Phi) is 7.08. The molecule has 0 unspecified atom stereocenters. The van der Waals surface area contributed by atoms with Crippen LogP contribution in [0.5, 0.6) is 0 Å². The fourth-order valence-corrected chi connectivity index (χ4v) is 5.58. The summed E-state index contributed by atoms with van der Waals surface area (Å²) in [6.45, 7) is 4.07. The van der Waals surface area contributed by atoms with Crippen LogP contribution >= 0.6 is 11.8 Å². The summed E-state index contributed by atoms with van der Waals surface area (Å²) in [5.74, 6) is 1.21. The van der Waals surface area contributed by atoms with Crippen LogP contribution < -0.4 is 0 Å². The Morgan fingerprint density at radius 1 is 0.971 bits per heavy atom. The van der Waals surface area contributed by atoms with E-state index in [0.29, 0.717) is 27.9 Å². The van der Waals surface area contributed by atoms with Gasteiger partial charge in [0, 0.05) is 25.4 Å². The topological polar surface area (TPSA) is 91.9 Å². The predicted octanol–water partition coefficient (Wildman–Crippen LogP) is 4.97. The molecule has 0 radical (unpaired) electrons. The molecule has 3 aromatic carbocycles. The number of nitrogens with zero attached hydrogens (tertiary/aromatic N) is 5. The maximum atomic E-state index is 12.7. The second-order valence-corrected chi connectivity index (χ2v) is 11.4. The van der Waals surface area contributed by atoms with Crippen molar-refractivity contribution >= 4 is 21.8 Å². The predicted molar refractivity (Wildman–Crippen MR) is 138 cm³/mol. The van der Waals surface area contributed by atoms with E-state index in [4.69, 9.17) is 5.26 Å². The number of thioether (sulfide) groups is 1. The zero-order valence-corrected chi connectivity index (χ0v) is 21.6. The average molecular weight is 504 g/mol. The Labute approximate surface area is 210 Å². The molecule has 4 aromatic rings. The third kappa shape index (κ3) is 5.00. The van der Waals surface area contributed by atoms with E-state index >= 15 is 0 Å². The molecule has 0 saturated carbocycles. The van der Waals surface area contributed by atoms with Crippen molar-refractivity contribution in [3.05, 3.63) is 89.0 Å². The number of aromatic nitrogens is 3. The zero-order valence-electron chi connectivity index (χ0n) is 19.9. The highest BCUT2D eigenvalue weighted by molar-refractivity contribution is 7.98. The van der Waals surface area contributed by atoms with Crippen LogP contribution in [0.15, 0.2) is 76.8 Å². The molecule has 1 heterocycles. The van der Waals surface area contributed by atoms with Gasteiger partial charge in [-0.3, -0.25) is 4.57 Å². The zero-order chi connectivity index (χ0) is 25.2. The quantitative estimate of drug-likeness (QED) is 0.331. The first-order chi connectivity index (χ1) is 16.7. The van der Waals surface area contributed by atoms with Gasteiger partial charge in [0.05, 0.1) is 22.2 Å². The minimum atomic E-state index is -3.60. The first kappa shape index (κ1) is 24.7. The molecule has 1 aromatic heterocycles. The summed E-state index contributed by atoms with van der Waals surface area (Å²) in [4.78, 5) is 0.197. The molecule has 0 amide bonds. The number of hydrogen-bond donors (Lipinski definition) is 0. The second kappa shape index (κ2) is 10.0. The Morgan fingerprint density at radius 3 is 2.26 bits per heavy atom. The van der Waals surface area contributed by atoms with Crippen molar-refractivity contribution in [2.75, 3.05) is 14.1 Å². The van der Waals surface area contributed by atoms with Crippen LogP contribution in [0, 0.1) is 25.2 Å². The molecule has 7 nitrogen and oxygen atoms in total. The lowest BCUT2D eigenvalue weighted by Gasteiger charge is -2.16. The fourth-order valence-electron chi connectivity index (χ4n) is 3.74. The Bertz CT molecular complexity index is 1500. The number of hydrogen-bond acceptors (Lipinski definition) is 6. The lowest BCUT2D eigenvalue weighted by Crippen LogP contribution is -2.22. The van der Waals surface area contributed by atoms with E-state index in [0.717, 1.165) is 22.4 Å². The molecule has 0 atom stereocenters. The van der Waals surface area contributed by atoms with Crippen LogP contribution in [0.25, 0.3) is 17.1 Å². The monoisotopic (exact) mass is 503 g/mol. The summed E-state index contributed by atoms with van der Waals surface area (Å²) in [7, 11) is -0.573. The molecule has 0 aliphatic rings. The van der Waals surface area contributed by atoms with Crippen LogP contribution in [0.2, 0.25) is 0 Å². The van der Waals surface area contributed by atoms with Gasteiger partial charge in [-0.05, 0) is 54.8 Å². The number of aryl methyl sites for hydroxylation is 2. The number of benzene rings is 3. The first-order valence-electron chi connectivity index (χ1n) is 10.9. The maximum absolute atomic E-state index is 12.7. The fraction of sp³-hybridized carbons (Fsp3) is 0.192. The third-order valence-electron chi connectivity index (χ3n) is 5.62. The maximum Gasteiger partial charge on any atom is 0.242 e. The van der Waals surface area contributed by atoms with Gasteiger partial charge < -0.3 is 0 Å². The summed E-state index contributed by atoms with van der Waals surface area (Å²) in [6, 6.07) is 22.5. The van der Waals surface area contributed by atoms with Gasteiger partial charge in [0.1, 0.15) is 0 Å². The molecule has 0 aliphatic heterocycles. The van der Waals surface area contributed by atoms with Crippen molar-refractivity contribution in [2.45, 2.75) is 29.7 Å². The second-order valence-electron chi connectivity index (χ2n) is 8.29. The molecule has 0 N–H and O–H groups in total. The van der Waals surface area contributed by atoms with Gasteiger partial charge in [-0.15, -0.1) is 10.2 Å². The lowest BCUT2D eigenvalue weighted by molar-refractivity contribution is 0.521. The van der Waals surface area contributed by atoms with E-state index < -0.39 is 10.0 Å². The van der Waals surface area contributed by atoms with Gasteiger partial charge in [0.25, 0.3) is 0 Å². The van der Waals surface area contributed by atoms with Crippen molar-refractivity contribution in [3.8, 4) is 23.1 Å². The van der Waals surface area contributed by atoms with Crippen molar-refractivity contribution < 1.29 is 8.42 Å². The van der Waals surface area contributed by atoms with Crippen LogP contribution in [-0.2, 0) is 15.8 Å². The van der Waals surface area contributed by atoms with Gasteiger partial charge in [-0.25, -0.2) is 12.7 Å². The van der Waals surface area contributed by atoms with Crippen LogP contribution in [0.4, 0.5) is 0 Å². The molecule has 35 heavy (non-hydrogen) atoms. The van der Waals surface area contributed by atoms with E-state index in [1.807, 2.05) is 54.8 Å². The molecular weight excluding hydrogens is 478 g/mol. The molecule has 0 aliphatic carbocycles. The van der Waals surface area contributed by atoms with E-state index in [1.54, 1.807) is 30.3 Å². The highest BCUT2D eigenvalue weighted by Gasteiger charge is 2.22. The van der Waals surface area contributed by atoms with Crippen LogP contribution in [0.3, 0.4) is 0 Å². The summed E-state index contributed by atoms with van der Waals surface area (Å²) < 4.78 is 28.7. The van der Waals surface area contributed by atoms with Crippen molar-refractivity contribution in [1.29, 1.82) is 5.26 Å². The standard InChI is InChI=1S/C26H25N5O2S2/c1-18-7-5-8-19(2)24(18)31-25(22-9-6-10-23(15-22)35(32,33)30(3)4)28-29-26(31)34-17-21-13-11-20(16-27)12-14-21/h5-15H,17H2,1-4H3. The van der Waals surface area contributed by atoms with Gasteiger partial charge in [-0.1, -0.05) is 54.2 Å². The Balaban J connectivity index is 1.82. The average Bonchev–Trinajstić information content (AvgIpc) is 3.26. The van der Waals surface area contributed by atoms with E-state index in [-0.39, 0.29) is 4.90 Å². The van der Waals surface area contributed by atoms with Gasteiger partial charge >= 0.3 is 0 Å². The summed E-state index contributed by atoms with van der Waals surface area (Å²) in [5.41, 5.74) is 5.42. The smallest absolute Gasteiger partial charge is 0.242 e. The molecule has 0 saturated heterocycles.